The Labute approximate surface area is 109 Å². The van der Waals surface area contributed by atoms with Crippen molar-refractivity contribution in [3.63, 3.8) is 0 Å². The average Bonchev–Trinajstić information content (AvgIpc) is 2.67. The summed E-state index contributed by atoms with van der Waals surface area (Å²) in [5.74, 6) is 0.705. The summed E-state index contributed by atoms with van der Waals surface area (Å²) >= 11 is 7.45. The summed E-state index contributed by atoms with van der Waals surface area (Å²) < 4.78 is 1.87. The number of nitrogens with zero attached hydrogens (tertiary/aromatic N) is 3. The van der Waals surface area contributed by atoms with Crippen molar-refractivity contribution >= 4 is 23.4 Å². The first-order valence-electron chi connectivity index (χ1n) is 5.05. The highest BCUT2D eigenvalue weighted by molar-refractivity contribution is 7.98. The molecular weight excluding hydrogens is 258 g/mol. The summed E-state index contributed by atoms with van der Waals surface area (Å²) in [5.41, 5.74) is 1.71. The number of thioether (sulfide) groups is 1. The fourth-order valence-electron chi connectivity index (χ4n) is 1.37. The maximum absolute atomic E-state index is 9.05. The van der Waals surface area contributed by atoms with Gasteiger partial charge >= 0.3 is 0 Å². The second-order valence-corrected chi connectivity index (χ2v) is 4.88. The van der Waals surface area contributed by atoms with Crippen LogP contribution >= 0.6 is 23.4 Å². The smallest absolute Gasteiger partial charge is 0.168 e. The maximum Gasteiger partial charge on any atom is 0.168 e. The molecule has 2 aromatic heterocycles. The highest BCUT2D eigenvalue weighted by atomic mass is 35.5. The molecule has 17 heavy (non-hydrogen) atoms. The third-order valence-electron chi connectivity index (χ3n) is 2.33. The van der Waals surface area contributed by atoms with Crippen molar-refractivity contribution in [2.24, 2.45) is 7.05 Å². The van der Waals surface area contributed by atoms with Crippen LogP contribution in [0.25, 0.3) is 0 Å². The largest absolute Gasteiger partial charge is 0.390 e. The third kappa shape index (κ3) is 3.00. The van der Waals surface area contributed by atoms with Crippen molar-refractivity contribution in [1.82, 2.24) is 14.5 Å². The van der Waals surface area contributed by atoms with Gasteiger partial charge in [-0.25, -0.2) is 4.98 Å². The molecule has 6 heteroatoms. The predicted octanol–water partition coefficient (Wildman–Crippen LogP) is 2.25. The van der Waals surface area contributed by atoms with Gasteiger partial charge in [-0.2, -0.15) is 0 Å². The highest BCUT2D eigenvalue weighted by Crippen LogP contribution is 2.22. The lowest BCUT2D eigenvalue weighted by atomic mass is 10.4. The number of halogens is 1. The minimum absolute atomic E-state index is 0.000521. The average molecular weight is 270 g/mol. The summed E-state index contributed by atoms with van der Waals surface area (Å²) in [7, 11) is 1.88. The van der Waals surface area contributed by atoms with Gasteiger partial charge in [0.05, 0.1) is 24.2 Å². The number of aliphatic hydroxyl groups is 1. The standard InChI is InChI=1S/C11H12ClN3OS/c1-15-10(6-16)5-14-11(15)17-7-9-4-8(12)2-3-13-9/h2-5,16H,6-7H2,1H3. The van der Waals surface area contributed by atoms with Crippen LogP contribution in [0.3, 0.4) is 0 Å². The maximum atomic E-state index is 9.05. The van der Waals surface area contributed by atoms with E-state index in [0.29, 0.717) is 10.8 Å². The lowest BCUT2D eigenvalue weighted by molar-refractivity contribution is 0.271. The van der Waals surface area contributed by atoms with Crippen LogP contribution < -0.4 is 0 Å². The van der Waals surface area contributed by atoms with Crippen molar-refractivity contribution in [3.05, 3.63) is 40.9 Å². The number of imidazole rings is 1. The van der Waals surface area contributed by atoms with Gasteiger partial charge < -0.3 is 9.67 Å². The SMILES string of the molecule is Cn1c(CO)cnc1SCc1cc(Cl)ccn1. The molecule has 90 valence electrons. The molecule has 0 atom stereocenters. The van der Waals surface area contributed by atoms with Crippen LogP contribution in [0.4, 0.5) is 0 Å². The number of pyridine rings is 1. The summed E-state index contributed by atoms with van der Waals surface area (Å²) in [6, 6.07) is 3.59. The molecule has 0 bridgehead atoms. The first kappa shape index (κ1) is 12.4. The van der Waals surface area contributed by atoms with Gasteiger partial charge in [-0.1, -0.05) is 23.4 Å². The second-order valence-electron chi connectivity index (χ2n) is 3.50. The van der Waals surface area contributed by atoms with Gasteiger partial charge in [0.1, 0.15) is 0 Å². The fourth-order valence-corrected chi connectivity index (χ4v) is 2.43. The van der Waals surface area contributed by atoms with Gasteiger partial charge in [0, 0.05) is 24.0 Å². The van der Waals surface area contributed by atoms with E-state index in [9.17, 15) is 0 Å². The number of rotatable bonds is 4. The Morgan fingerprint density at radius 1 is 1.47 bits per heavy atom. The van der Waals surface area contributed by atoms with E-state index in [2.05, 4.69) is 9.97 Å². The summed E-state index contributed by atoms with van der Waals surface area (Å²) in [6.45, 7) is -0.000521. The zero-order chi connectivity index (χ0) is 12.3. The van der Waals surface area contributed by atoms with E-state index in [1.54, 1.807) is 30.2 Å². The van der Waals surface area contributed by atoms with Crippen molar-refractivity contribution in [2.45, 2.75) is 17.5 Å². The molecule has 0 saturated carbocycles. The summed E-state index contributed by atoms with van der Waals surface area (Å²) in [5, 5.41) is 10.6. The Morgan fingerprint density at radius 2 is 2.29 bits per heavy atom. The van der Waals surface area contributed by atoms with Crippen molar-refractivity contribution in [2.75, 3.05) is 0 Å². The Morgan fingerprint density at radius 3 is 2.94 bits per heavy atom. The monoisotopic (exact) mass is 269 g/mol. The lowest BCUT2D eigenvalue weighted by Crippen LogP contribution is -1.97. The summed E-state index contributed by atoms with van der Waals surface area (Å²) in [4.78, 5) is 8.45. The number of aliphatic hydroxyl groups excluding tert-OH is 1. The molecule has 0 aliphatic carbocycles. The Balaban J connectivity index is 2.05. The normalized spacial score (nSPS) is 10.8. The van der Waals surface area contributed by atoms with E-state index in [1.165, 1.54) is 0 Å². The molecule has 1 N–H and O–H groups in total. The molecule has 0 spiro atoms. The Bertz CT molecular complexity index is 515. The van der Waals surface area contributed by atoms with Crippen molar-refractivity contribution < 1.29 is 5.11 Å². The van der Waals surface area contributed by atoms with Crippen LogP contribution in [0, 0.1) is 0 Å². The number of aromatic nitrogens is 3. The first-order valence-corrected chi connectivity index (χ1v) is 6.41. The van der Waals surface area contributed by atoms with E-state index >= 15 is 0 Å². The van der Waals surface area contributed by atoms with Gasteiger partial charge in [0.15, 0.2) is 5.16 Å². The van der Waals surface area contributed by atoms with Crippen LogP contribution in [0.5, 0.6) is 0 Å². The van der Waals surface area contributed by atoms with Gasteiger partial charge in [-0.15, -0.1) is 0 Å². The molecule has 0 fully saturated rings. The molecule has 0 radical (unpaired) electrons. The van der Waals surface area contributed by atoms with Crippen LogP contribution in [-0.4, -0.2) is 19.6 Å². The van der Waals surface area contributed by atoms with Crippen LogP contribution in [-0.2, 0) is 19.4 Å². The molecule has 0 unspecified atom stereocenters. The number of hydrogen-bond donors (Lipinski definition) is 1. The van der Waals surface area contributed by atoms with Crippen LogP contribution in [0.1, 0.15) is 11.4 Å². The molecule has 2 aromatic rings. The molecule has 2 heterocycles. The Hall–Kier alpha value is -1.04. The molecular formula is C11H12ClN3OS. The molecule has 0 aromatic carbocycles. The van der Waals surface area contributed by atoms with Gasteiger partial charge in [0.2, 0.25) is 0 Å². The molecule has 4 nitrogen and oxygen atoms in total. The number of hydrogen-bond acceptors (Lipinski definition) is 4. The fraction of sp³-hybridized carbons (Fsp3) is 0.273. The van der Waals surface area contributed by atoms with E-state index < -0.39 is 0 Å². The van der Waals surface area contributed by atoms with Gasteiger partial charge in [0.25, 0.3) is 0 Å². The minimum atomic E-state index is -0.000521. The van der Waals surface area contributed by atoms with E-state index in [1.807, 2.05) is 17.7 Å². The molecule has 2 rings (SSSR count). The van der Waals surface area contributed by atoms with E-state index in [4.69, 9.17) is 16.7 Å². The third-order valence-corrected chi connectivity index (χ3v) is 3.64. The van der Waals surface area contributed by atoms with Gasteiger partial charge in [-0.3, -0.25) is 4.98 Å². The highest BCUT2D eigenvalue weighted by Gasteiger charge is 2.06. The first-order chi connectivity index (χ1) is 8.20. The molecule has 0 amide bonds. The molecule has 0 aliphatic rings. The van der Waals surface area contributed by atoms with Crippen molar-refractivity contribution in [3.8, 4) is 0 Å². The quantitative estimate of drug-likeness (QED) is 0.865. The molecule has 0 saturated heterocycles. The van der Waals surface area contributed by atoms with Gasteiger partial charge in [-0.05, 0) is 12.1 Å². The molecule has 0 aliphatic heterocycles. The Kier molecular flexibility index (Phi) is 4.04. The van der Waals surface area contributed by atoms with Crippen LogP contribution in [0.2, 0.25) is 5.02 Å². The minimum Gasteiger partial charge on any atom is -0.390 e. The zero-order valence-electron chi connectivity index (χ0n) is 9.30. The van der Waals surface area contributed by atoms with E-state index in [-0.39, 0.29) is 6.61 Å². The van der Waals surface area contributed by atoms with Crippen LogP contribution in [0.15, 0.2) is 29.7 Å². The predicted molar refractivity (Wildman–Crippen MR) is 67.9 cm³/mol. The topological polar surface area (TPSA) is 50.9 Å². The van der Waals surface area contributed by atoms with Crippen molar-refractivity contribution in [1.29, 1.82) is 0 Å². The summed E-state index contributed by atoms with van der Waals surface area (Å²) in [6.07, 6.45) is 3.36. The second kappa shape index (κ2) is 5.53. The lowest BCUT2D eigenvalue weighted by Gasteiger charge is -2.03. The van der Waals surface area contributed by atoms with E-state index in [0.717, 1.165) is 16.5 Å². The zero-order valence-corrected chi connectivity index (χ0v) is 10.9.